The third-order valence-corrected chi connectivity index (χ3v) is 6.98. The predicted octanol–water partition coefficient (Wildman–Crippen LogP) is -4.98. The number of aliphatic hydroxyl groups excluding tert-OH is 7. The summed E-state index contributed by atoms with van der Waals surface area (Å²) in [4.78, 5) is 11.2. The Labute approximate surface area is 221 Å². The summed E-state index contributed by atoms with van der Waals surface area (Å²) in [7, 11) is -4.95. The summed E-state index contributed by atoms with van der Waals surface area (Å²) in [6.45, 7) is -0.723. The molecule has 226 valence electrons. The average Bonchev–Trinajstić information content (AvgIpc) is 2.85. The quantitative estimate of drug-likeness (QED) is 0.107. The van der Waals surface area contributed by atoms with E-state index >= 15 is 0 Å². The smallest absolute Gasteiger partial charge is 0.397 e. The minimum atomic E-state index is -4.95. The van der Waals surface area contributed by atoms with Gasteiger partial charge in [0.2, 0.25) is 12.0 Å². The van der Waals surface area contributed by atoms with Crippen molar-refractivity contribution in [3.05, 3.63) is 11.8 Å². The number of ether oxygens (including phenoxy) is 5. The molecule has 0 aromatic heterocycles. The van der Waals surface area contributed by atoms with Gasteiger partial charge in [-0.25, -0.2) is 8.98 Å². The lowest BCUT2D eigenvalue weighted by Crippen LogP contribution is -2.59. The summed E-state index contributed by atoms with van der Waals surface area (Å²) in [5.41, 5.74) is 0. The Morgan fingerprint density at radius 3 is 2.08 bits per heavy atom. The van der Waals surface area contributed by atoms with Crippen LogP contribution in [0.2, 0.25) is 0 Å². The predicted molar refractivity (Wildman–Crippen MR) is 118 cm³/mol. The van der Waals surface area contributed by atoms with Crippen molar-refractivity contribution in [2.45, 2.75) is 74.6 Å². The van der Waals surface area contributed by atoms with Gasteiger partial charge in [0.1, 0.15) is 36.6 Å². The molecule has 0 bridgehead atoms. The molecule has 3 rings (SSSR count). The van der Waals surface area contributed by atoms with Gasteiger partial charge in [0, 0.05) is 11.8 Å². The molecule has 2 saturated heterocycles. The first-order valence-corrected chi connectivity index (χ1v) is 13.0. The summed E-state index contributed by atoms with van der Waals surface area (Å²) in [5, 5.41) is 80.6. The Hall–Kier alpha value is -1.56. The van der Waals surface area contributed by atoms with Crippen LogP contribution in [0.3, 0.4) is 0 Å². The molecule has 0 saturated carbocycles. The fourth-order valence-corrected chi connectivity index (χ4v) is 4.59. The first-order valence-electron chi connectivity index (χ1n) is 11.6. The van der Waals surface area contributed by atoms with E-state index in [0.717, 1.165) is 6.08 Å². The molecule has 13 unspecified atom stereocenters. The fraction of sp³-hybridized carbons (Fsp3) is 0.850. The zero-order chi connectivity index (χ0) is 29.2. The lowest BCUT2D eigenvalue weighted by atomic mass is 9.83. The van der Waals surface area contributed by atoms with Crippen LogP contribution in [0.5, 0.6) is 0 Å². The van der Waals surface area contributed by atoms with Crippen molar-refractivity contribution in [2.75, 3.05) is 19.8 Å². The van der Waals surface area contributed by atoms with Crippen LogP contribution < -0.4 is 0 Å². The van der Waals surface area contributed by atoms with Gasteiger partial charge in [-0.05, 0) is 13.0 Å². The Balaban J connectivity index is 1.75. The molecule has 0 spiro atoms. The van der Waals surface area contributed by atoms with E-state index in [1.165, 1.54) is 6.92 Å². The van der Waals surface area contributed by atoms with Crippen LogP contribution in [-0.4, -0.2) is 147 Å². The van der Waals surface area contributed by atoms with Gasteiger partial charge in [0.15, 0.2) is 12.6 Å². The van der Waals surface area contributed by atoms with E-state index in [1.807, 2.05) is 0 Å². The molecular weight excluding hydrogens is 560 g/mol. The Morgan fingerprint density at radius 1 is 0.846 bits per heavy atom. The highest BCUT2D eigenvalue weighted by molar-refractivity contribution is 7.80. The van der Waals surface area contributed by atoms with Gasteiger partial charge < -0.3 is 64.5 Å². The molecule has 2 fully saturated rings. The number of aliphatic hydroxyl groups is 7. The monoisotopic (exact) mass is 592 g/mol. The van der Waals surface area contributed by atoms with Crippen LogP contribution in [0, 0.1) is 11.8 Å². The second-order valence-corrected chi connectivity index (χ2v) is 10.3. The summed E-state index contributed by atoms with van der Waals surface area (Å²) in [5.74, 6) is -4.79. The molecule has 19 heteroatoms. The largest absolute Gasteiger partial charge is 0.475 e. The molecular formula is C20H32O18S. The highest BCUT2D eigenvalue weighted by Crippen LogP contribution is 2.34. The van der Waals surface area contributed by atoms with Crippen LogP contribution in [0.4, 0.5) is 0 Å². The molecule has 3 aliphatic rings. The first kappa shape index (κ1) is 32.0. The number of hydrogen-bond acceptors (Lipinski definition) is 16. The van der Waals surface area contributed by atoms with Crippen LogP contribution in [-0.2, 0) is 43.1 Å². The van der Waals surface area contributed by atoms with Crippen LogP contribution in [0.1, 0.15) is 6.92 Å². The molecule has 13 atom stereocenters. The Bertz CT molecular complexity index is 974. The number of carboxylic acids is 1. The van der Waals surface area contributed by atoms with E-state index in [-0.39, 0.29) is 0 Å². The Kier molecular flexibility index (Phi) is 10.6. The van der Waals surface area contributed by atoms with Crippen LogP contribution >= 0.6 is 0 Å². The average molecular weight is 593 g/mol. The third kappa shape index (κ3) is 7.80. The molecule has 18 nitrogen and oxygen atoms in total. The van der Waals surface area contributed by atoms with Crippen molar-refractivity contribution < 1.29 is 86.5 Å². The van der Waals surface area contributed by atoms with Crippen molar-refractivity contribution in [3.8, 4) is 0 Å². The number of aliphatic carboxylic acids is 1. The zero-order valence-corrected chi connectivity index (χ0v) is 21.1. The van der Waals surface area contributed by atoms with E-state index < -0.39 is 121 Å². The van der Waals surface area contributed by atoms with Gasteiger partial charge in [-0.15, -0.1) is 0 Å². The van der Waals surface area contributed by atoms with E-state index in [1.54, 1.807) is 0 Å². The highest BCUT2D eigenvalue weighted by atomic mass is 32.3. The molecule has 0 amide bonds. The zero-order valence-electron chi connectivity index (χ0n) is 20.3. The summed E-state index contributed by atoms with van der Waals surface area (Å²) < 4.78 is 61.4. The minimum absolute atomic E-state index is 0.563. The lowest BCUT2D eigenvalue weighted by Gasteiger charge is -2.44. The van der Waals surface area contributed by atoms with Crippen molar-refractivity contribution >= 4 is 16.4 Å². The molecule has 3 aliphatic heterocycles. The fourth-order valence-electron chi connectivity index (χ4n) is 4.29. The van der Waals surface area contributed by atoms with Gasteiger partial charge in [0.05, 0.1) is 32.0 Å². The maximum absolute atomic E-state index is 11.2. The highest BCUT2D eigenvalue weighted by Gasteiger charge is 2.48. The number of hydrogen-bond donors (Lipinski definition) is 9. The Morgan fingerprint density at radius 2 is 1.46 bits per heavy atom. The standard InChI is InChI=1S/C20H32O18S/c1-6-12(22)15(25)16(26)20(36-6)33-3-7-8(18(29)37-11(13(7)23)5-35-39(30,31)32)4-34-19-14(24)9(21)2-10(38-19)17(27)28/h2,6-9,11-16,18-26,29H,3-5H2,1H3,(H,27,28)(H,30,31,32). The van der Waals surface area contributed by atoms with Gasteiger partial charge in [0.25, 0.3) is 0 Å². The number of carbonyl (C=O) groups is 1. The molecule has 0 aromatic carbocycles. The lowest BCUT2D eigenvalue weighted by molar-refractivity contribution is -0.314. The number of carboxylic acid groups (broad SMARTS) is 1. The molecule has 39 heavy (non-hydrogen) atoms. The maximum Gasteiger partial charge on any atom is 0.397 e. The van der Waals surface area contributed by atoms with Crippen LogP contribution in [0.15, 0.2) is 11.8 Å². The van der Waals surface area contributed by atoms with Gasteiger partial charge in [-0.2, -0.15) is 8.42 Å². The maximum atomic E-state index is 11.2. The van der Waals surface area contributed by atoms with Gasteiger partial charge >= 0.3 is 16.4 Å². The topological polar surface area (TPSA) is 289 Å². The first-order chi connectivity index (χ1) is 18.1. The second kappa shape index (κ2) is 13.0. The summed E-state index contributed by atoms with van der Waals surface area (Å²) >= 11 is 0. The molecule has 0 radical (unpaired) electrons. The van der Waals surface area contributed by atoms with E-state index in [4.69, 9.17) is 33.3 Å². The summed E-state index contributed by atoms with van der Waals surface area (Å²) in [6.07, 6.45) is -16.8. The molecule has 0 aromatic rings. The van der Waals surface area contributed by atoms with E-state index in [0.29, 0.717) is 0 Å². The minimum Gasteiger partial charge on any atom is -0.475 e. The SMILES string of the molecule is CC1OC(OCC2C(O)C(COS(=O)(=O)O)OC(O)C2COC2OC(C(=O)O)=CC(O)C2O)C(O)C(O)C1O. The summed E-state index contributed by atoms with van der Waals surface area (Å²) in [6, 6.07) is 0. The third-order valence-electron chi connectivity index (χ3n) is 6.55. The van der Waals surface area contributed by atoms with Gasteiger partial charge in [-0.1, -0.05) is 0 Å². The normalized spacial score (nSPS) is 43.4. The molecule has 0 aliphatic carbocycles. The van der Waals surface area contributed by atoms with Crippen molar-refractivity contribution in [2.24, 2.45) is 11.8 Å². The van der Waals surface area contributed by atoms with E-state index in [2.05, 4.69) is 4.18 Å². The van der Waals surface area contributed by atoms with Gasteiger partial charge in [-0.3, -0.25) is 4.55 Å². The van der Waals surface area contributed by atoms with Crippen molar-refractivity contribution in [1.29, 1.82) is 0 Å². The molecule has 3 heterocycles. The second-order valence-electron chi connectivity index (χ2n) is 9.25. The van der Waals surface area contributed by atoms with E-state index in [9.17, 15) is 49.0 Å². The number of rotatable bonds is 10. The van der Waals surface area contributed by atoms with Crippen molar-refractivity contribution in [3.63, 3.8) is 0 Å². The molecule has 9 N–H and O–H groups in total. The van der Waals surface area contributed by atoms with Crippen LogP contribution in [0.25, 0.3) is 0 Å². The van der Waals surface area contributed by atoms with Crippen molar-refractivity contribution in [1.82, 2.24) is 0 Å².